The first-order valence-corrected chi connectivity index (χ1v) is 7.89. The molecule has 0 aromatic heterocycles. The average molecular weight is 238 g/mol. The summed E-state index contributed by atoms with van der Waals surface area (Å²) in [6.07, 6.45) is 7.28. The zero-order valence-electron chi connectivity index (χ0n) is 12.1. The minimum absolute atomic E-state index is 0.0131. The number of hydrogen-bond acceptors (Lipinski definition) is 0. The zero-order chi connectivity index (χ0) is 12.9. The molecule has 4 radical (unpaired) electrons. The van der Waals surface area contributed by atoms with Gasteiger partial charge in [-0.15, -0.1) is 0 Å². The van der Waals surface area contributed by atoms with Gasteiger partial charge in [0.05, 0.1) is 15.7 Å². The summed E-state index contributed by atoms with van der Waals surface area (Å²) >= 11 is 0. The molecule has 0 aromatic carbocycles. The predicted molar refractivity (Wildman–Crippen MR) is 76.6 cm³/mol. The highest BCUT2D eigenvalue weighted by Crippen LogP contribution is 2.85. The number of hydrogen-bond donors (Lipinski definition) is 0. The molecule has 1 spiro atoms. The van der Waals surface area contributed by atoms with Crippen molar-refractivity contribution >= 4 is 15.7 Å². The first kappa shape index (κ1) is 11.9. The molecule has 4 atom stereocenters. The van der Waals surface area contributed by atoms with Gasteiger partial charge in [0, 0.05) is 0 Å². The van der Waals surface area contributed by atoms with Crippen LogP contribution >= 0.6 is 0 Å². The van der Waals surface area contributed by atoms with Crippen molar-refractivity contribution in [2.75, 3.05) is 0 Å². The Morgan fingerprint density at radius 1 is 0.889 bits per heavy atom. The van der Waals surface area contributed by atoms with E-state index in [0.717, 1.165) is 29.1 Å². The molecule has 0 nitrogen and oxygen atoms in total. The van der Waals surface area contributed by atoms with E-state index in [1.54, 1.807) is 0 Å². The average Bonchev–Trinajstić information content (AvgIpc) is 2.58. The van der Waals surface area contributed by atoms with Crippen molar-refractivity contribution in [3.63, 3.8) is 0 Å². The smallest absolute Gasteiger partial charge is 0.0631 e. The van der Waals surface area contributed by atoms with E-state index in [4.69, 9.17) is 15.7 Å². The Kier molecular flexibility index (Phi) is 2.03. The summed E-state index contributed by atoms with van der Waals surface area (Å²) in [5.74, 6) is 4.41. The summed E-state index contributed by atoms with van der Waals surface area (Å²) in [7, 11) is 13.3. The SMILES string of the molecule is [B]C([B])(C1C2CCC3CC4CCC1C342)C(C)(C)C. The van der Waals surface area contributed by atoms with Crippen molar-refractivity contribution < 1.29 is 0 Å². The Balaban J connectivity index is 1.70. The lowest BCUT2D eigenvalue weighted by molar-refractivity contribution is -0.203. The lowest BCUT2D eigenvalue weighted by Crippen LogP contribution is -2.66. The summed E-state index contributed by atoms with van der Waals surface area (Å²) in [5.41, 5.74) is 0.749. The van der Waals surface area contributed by atoms with Crippen LogP contribution < -0.4 is 0 Å². The molecule has 2 heteroatoms. The first-order valence-electron chi connectivity index (χ1n) is 7.89. The van der Waals surface area contributed by atoms with Crippen LogP contribution in [0.25, 0.3) is 0 Å². The van der Waals surface area contributed by atoms with E-state index in [2.05, 4.69) is 20.8 Å². The Hall–Kier alpha value is 0.130. The Morgan fingerprint density at radius 2 is 1.39 bits per heavy atom. The molecule has 4 saturated carbocycles. The highest BCUT2D eigenvalue weighted by atomic mass is 14.8. The molecule has 0 N–H and O–H groups in total. The van der Waals surface area contributed by atoms with Crippen LogP contribution in [0, 0.1) is 40.4 Å². The summed E-state index contributed by atoms with van der Waals surface area (Å²) in [6.45, 7) is 6.66. The molecule has 0 aliphatic heterocycles. The summed E-state index contributed by atoms with van der Waals surface area (Å²) < 4.78 is 0. The van der Waals surface area contributed by atoms with E-state index in [1.165, 1.54) is 32.1 Å². The second-order valence-electron chi connectivity index (χ2n) is 8.71. The second-order valence-corrected chi connectivity index (χ2v) is 8.71. The molecule has 94 valence electrons. The van der Waals surface area contributed by atoms with Gasteiger partial charge in [0.1, 0.15) is 0 Å². The molecule has 0 heterocycles. The Morgan fingerprint density at radius 3 is 1.83 bits per heavy atom. The van der Waals surface area contributed by atoms with Crippen LogP contribution in [0.4, 0.5) is 0 Å². The van der Waals surface area contributed by atoms with Gasteiger partial charge in [0.25, 0.3) is 0 Å². The van der Waals surface area contributed by atoms with Crippen LogP contribution in [0.3, 0.4) is 0 Å². The standard InChI is InChI=1S/C16H24B2/c1-14(2,3)16(17,18)13-11-6-4-9-8-10-5-7-12(13)15(9,10)11/h9-13H,4-8H2,1-3H3. The van der Waals surface area contributed by atoms with E-state index in [0.29, 0.717) is 5.92 Å². The molecule has 0 saturated heterocycles. The lowest BCUT2D eigenvalue weighted by atomic mass is 9.26. The van der Waals surface area contributed by atoms with Crippen LogP contribution in [0.15, 0.2) is 0 Å². The normalized spacial score (nSPS) is 53.4. The van der Waals surface area contributed by atoms with E-state index in [9.17, 15) is 0 Å². The molecule has 0 amide bonds. The van der Waals surface area contributed by atoms with Crippen molar-refractivity contribution in [2.24, 2.45) is 40.4 Å². The van der Waals surface area contributed by atoms with Crippen molar-refractivity contribution in [2.45, 2.75) is 58.1 Å². The first-order chi connectivity index (χ1) is 8.31. The third-order valence-electron chi connectivity index (χ3n) is 7.64. The fraction of sp³-hybridized carbons (Fsp3) is 1.00. The molecular formula is C16H24B2. The molecule has 4 unspecified atom stereocenters. The van der Waals surface area contributed by atoms with Gasteiger partial charge in [-0.3, -0.25) is 0 Å². The van der Waals surface area contributed by atoms with Crippen LogP contribution in [0.1, 0.15) is 52.9 Å². The number of rotatable bonds is 1. The third-order valence-corrected chi connectivity index (χ3v) is 7.64. The van der Waals surface area contributed by atoms with Gasteiger partial charge in [0.15, 0.2) is 0 Å². The Bertz CT molecular complexity index is 368. The second kappa shape index (κ2) is 3.07. The molecular weight excluding hydrogens is 214 g/mol. The largest absolute Gasteiger partial charge is 0.0911 e. The van der Waals surface area contributed by atoms with Crippen molar-refractivity contribution in [3.8, 4) is 0 Å². The molecule has 4 aliphatic carbocycles. The monoisotopic (exact) mass is 238 g/mol. The van der Waals surface area contributed by atoms with E-state index >= 15 is 0 Å². The van der Waals surface area contributed by atoms with Gasteiger partial charge in [-0.2, -0.15) is 0 Å². The molecule has 18 heavy (non-hydrogen) atoms. The molecule has 4 aliphatic rings. The van der Waals surface area contributed by atoms with E-state index < -0.39 is 5.21 Å². The minimum atomic E-state index is -0.479. The topological polar surface area (TPSA) is 0 Å². The van der Waals surface area contributed by atoms with Crippen LogP contribution in [0.2, 0.25) is 5.21 Å². The molecule has 4 rings (SSSR count). The lowest BCUT2D eigenvalue weighted by Gasteiger charge is -2.72. The molecule has 0 aromatic rings. The fourth-order valence-corrected chi connectivity index (χ4v) is 6.72. The van der Waals surface area contributed by atoms with Gasteiger partial charge in [0.2, 0.25) is 0 Å². The zero-order valence-corrected chi connectivity index (χ0v) is 12.1. The van der Waals surface area contributed by atoms with E-state index in [-0.39, 0.29) is 5.41 Å². The van der Waals surface area contributed by atoms with Gasteiger partial charge in [-0.05, 0) is 72.5 Å². The maximum atomic E-state index is 6.65. The summed E-state index contributed by atoms with van der Waals surface area (Å²) in [5, 5.41) is -0.479. The van der Waals surface area contributed by atoms with Crippen molar-refractivity contribution in [1.29, 1.82) is 0 Å². The Labute approximate surface area is 114 Å². The van der Waals surface area contributed by atoms with Crippen molar-refractivity contribution in [3.05, 3.63) is 0 Å². The predicted octanol–water partition coefficient (Wildman–Crippen LogP) is 3.56. The summed E-state index contributed by atoms with van der Waals surface area (Å²) in [6, 6.07) is 0. The van der Waals surface area contributed by atoms with Crippen LogP contribution in [0.5, 0.6) is 0 Å². The molecule has 4 fully saturated rings. The van der Waals surface area contributed by atoms with Gasteiger partial charge in [-0.1, -0.05) is 26.0 Å². The van der Waals surface area contributed by atoms with Crippen LogP contribution in [-0.2, 0) is 0 Å². The minimum Gasteiger partial charge on any atom is -0.0911 e. The summed E-state index contributed by atoms with van der Waals surface area (Å²) in [4.78, 5) is 0. The van der Waals surface area contributed by atoms with Crippen LogP contribution in [-0.4, -0.2) is 15.7 Å². The van der Waals surface area contributed by atoms with Gasteiger partial charge < -0.3 is 0 Å². The highest BCUT2D eigenvalue weighted by Gasteiger charge is 2.78. The van der Waals surface area contributed by atoms with E-state index in [1.807, 2.05) is 0 Å². The maximum Gasteiger partial charge on any atom is 0.0631 e. The quantitative estimate of drug-likeness (QED) is 0.612. The maximum absolute atomic E-state index is 6.65. The third kappa shape index (κ3) is 0.988. The van der Waals surface area contributed by atoms with Crippen molar-refractivity contribution in [1.82, 2.24) is 0 Å². The fourth-order valence-electron chi connectivity index (χ4n) is 6.72. The van der Waals surface area contributed by atoms with Gasteiger partial charge >= 0.3 is 0 Å². The highest BCUT2D eigenvalue weighted by molar-refractivity contribution is 6.40. The molecule has 0 bridgehead atoms. The van der Waals surface area contributed by atoms with Gasteiger partial charge in [-0.25, -0.2) is 0 Å².